The Hall–Kier alpha value is -1.19. The Kier molecular flexibility index (Phi) is 4.88. The van der Waals surface area contributed by atoms with Crippen molar-refractivity contribution in [2.75, 3.05) is 0 Å². The topological polar surface area (TPSA) is 47.8 Å². The zero-order chi connectivity index (χ0) is 14.7. The number of nitrogens with zero attached hydrogens (tertiary/aromatic N) is 3. The summed E-state index contributed by atoms with van der Waals surface area (Å²) in [6.07, 6.45) is 4.35. The predicted molar refractivity (Wildman–Crippen MR) is 76.9 cm³/mol. The van der Waals surface area contributed by atoms with E-state index in [2.05, 4.69) is 31.1 Å². The van der Waals surface area contributed by atoms with Crippen LogP contribution in [-0.2, 0) is 17.8 Å². The van der Waals surface area contributed by atoms with Gasteiger partial charge in [0.25, 0.3) is 0 Å². The average Bonchev–Trinajstić information content (AvgIpc) is 2.61. The summed E-state index contributed by atoms with van der Waals surface area (Å²) < 4.78 is 1.84. The molecular formula is C15H27N3O. The normalized spacial score (nSPS) is 12.7. The van der Waals surface area contributed by atoms with E-state index in [1.54, 1.807) is 0 Å². The first-order valence-corrected chi connectivity index (χ1v) is 7.00. The van der Waals surface area contributed by atoms with Crippen LogP contribution >= 0.6 is 0 Å². The highest BCUT2D eigenvalue weighted by molar-refractivity contribution is 5.83. The number of hydrogen-bond donors (Lipinski definition) is 0. The molecule has 0 aliphatic carbocycles. The molecule has 19 heavy (non-hydrogen) atoms. The maximum Gasteiger partial charge on any atom is 0.138 e. The molecule has 0 bridgehead atoms. The molecular weight excluding hydrogens is 238 g/mol. The molecule has 0 amide bonds. The van der Waals surface area contributed by atoms with Gasteiger partial charge in [0.1, 0.15) is 5.78 Å². The number of Topliss-reactive ketones (excluding diaryl/α,β-unsaturated/α-hetero) is 1. The third-order valence-corrected chi connectivity index (χ3v) is 2.93. The van der Waals surface area contributed by atoms with Crippen LogP contribution in [0.4, 0.5) is 0 Å². The van der Waals surface area contributed by atoms with Crippen LogP contribution in [0.1, 0.15) is 60.1 Å². The summed E-state index contributed by atoms with van der Waals surface area (Å²) in [5.41, 5.74) is 1.01. The summed E-state index contributed by atoms with van der Waals surface area (Å²) in [5.74, 6) is 0.308. The monoisotopic (exact) mass is 265 g/mol. The van der Waals surface area contributed by atoms with Crippen molar-refractivity contribution in [3.05, 3.63) is 11.9 Å². The minimum atomic E-state index is -0.236. The molecule has 4 nitrogen and oxygen atoms in total. The van der Waals surface area contributed by atoms with Crippen molar-refractivity contribution in [2.45, 2.75) is 67.3 Å². The number of carbonyl (C=O) groups excluding carboxylic acids is 1. The van der Waals surface area contributed by atoms with E-state index in [-0.39, 0.29) is 10.8 Å². The molecule has 1 heterocycles. The van der Waals surface area contributed by atoms with Gasteiger partial charge in [-0.05, 0) is 18.3 Å². The van der Waals surface area contributed by atoms with Crippen molar-refractivity contribution in [1.82, 2.24) is 15.0 Å². The molecule has 0 aromatic carbocycles. The summed E-state index contributed by atoms with van der Waals surface area (Å²) >= 11 is 0. The van der Waals surface area contributed by atoms with Gasteiger partial charge in [-0.1, -0.05) is 46.8 Å². The molecule has 0 unspecified atom stereocenters. The van der Waals surface area contributed by atoms with Crippen LogP contribution in [-0.4, -0.2) is 20.8 Å². The van der Waals surface area contributed by atoms with Gasteiger partial charge in [-0.2, -0.15) is 0 Å². The molecule has 108 valence electrons. The van der Waals surface area contributed by atoms with Crippen molar-refractivity contribution in [1.29, 1.82) is 0 Å². The molecule has 0 aliphatic rings. The fourth-order valence-electron chi connectivity index (χ4n) is 1.85. The molecule has 4 heteroatoms. The van der Waals surface area contributed by atoms with Crippen LogP contribution < -0.4 is 0 Å². The average molecular weight is 265 g/mol. The molecule has 0 saturated carbocycles. The molecule has 0 atom stereocenters. The Morgan fingerprint density at radius 1 is 1.21 bits per heavy atom. The lowest BCUT2D eigenvalue weighted by atomic mass is 9.88. The molecule has 0 N–H and O–H groups in total. The highest BCUT2D eigenvalue weighted by atomic mass is 16.1. The first-order chi connectivity index (χ1) is 8.58. The van der Waals surface area contributed by atoms with Gasteiger partial charge in [0.15, 0.2) is 0 Å². The van der Waals surface area contributed by atoms with Crippen molar-refractivity contribution < 1.29 is 4.79 Å². The zero-order valence-corrected chi connectivity index (χ0v) is 13.2. The number of rotatable bonds is 5. The zero-order valence-electron chi connectivity index (χ0n) is 13.2. The minimum Gasteiger partial charge on any atom is -0.299 e. The number of ketones is 1. The van der Waals surface area contributed by atoms with Gasteiger partial charge in [0, 0.05) is 24.6 Å². The van der Waals surface area contributed by atoms with Crippen LogP contribution in [0.2, 0.25) is 0 Å². The lowest BCUT2D eigenvalue weighted by Crippen LogP contribution is -2.20. The summed E-state index contributed by atoms with van der Waals surface area (Å²) in [6.45, 7) is 13.2. The van der Waals surface area contributed by atoms with E-state index in [4.69, 9.17) is 0 Å². The van der Waals surface area contributed by atoms with E-state index in [9.17, 15) is 4.79 Å². The third-order valence-electron chi connectivity index (χ3n) is 2.93. The molecule has 1 rings (SSSR count). The number of hydrogen-bond acceptors (Lipinski definition) is 3. The molecule has 0 radical (unpaired) electrons. The maximum atomic E-state index is 11.8. The predicted octanol–water partition coefficient (Wildman–Crippen LogP) is 3.26. The summed E-state index contributed by atoms with van der Waals surface area (Å²) in [7, 11) is 0. The Labute approximate surface area is 116 Å². The first kappa shape index (κ1) is 15.9. The van der Waals surface area contributed by atoms with E-state index in [1.165, 1.54) is 0 Å². The SMILES string of the molecule is CC(C)(C)Cc1cn(CCCC(=O)C(C)(C)C)nn1. The van der Waals surface area contributed by atoms with Gasteiger partial charge < -0.3 is 0 Å². The van der Waals surface area contributed by atoms with E-state index in [0.717, 1.165) is 25.1 Å². The van der Waals surface area contributed by atoms with Gasteiger partial charge in [0.2, 0.25) is 0 Å². The van der Waals surface area contributed by atoms with Crippen LogP contribution in [0.3, 0.4) is 0 Å². The van der Waals surface area contributed by atoms with E-state index in [1.807, 2.05) is 31.6 Å². The lowest BCUT2D eigenvalue weighted by molar-refractivity contribution is -0.126. The van der Waals surface area contributed by atoms with Crippen LogP contribution in [0.15, 0.2) is 6.20 Å². The van der Waals surface area contributed by atoms with Gasteiger partial charge in [-0.25, -0.2) is 0 Å². The summed E-state index contributed by atoms with van der Waals surface area (Å²) in [6, 6.07) is 0. The Balaban J connectivity index is 2.41. The number of aryl methyl sites for hydroxylation is 1. The Bertz CT molecular complexity index is 421. The van der Waals surface area contributed by atoms with E-state index in [0.29, 0.717) is 12.2 Å². The summed E-state index contributed by atoms with van der Waals surface area (Å²) in [5, 5.41) is 8.29. The minimum absolute atomic E-state index is 0.225. The fraction of sp³-hybridized carbons (Fsp3) is 0.800. The molecule has 1 aromatic rings. The van der Waals surface area contributed by atoms with Gasteiger partial charge in [-0.15, -0.1) is 5.10 Å². The highest BCUT2D eigenvalue weighted by Gasteiger charge is 2.20. The van der Waals surface area contributed by atoms with Crippen LogP contribution in [0.5, 0.6) is 0 Å². The summed E-state index contributed by atoms with van der Waals surface area (Å²) in [4.78, 5) is 11.8. The fourth-order valence-corrected chi connectivity index (χ4v) is 1.85. The Morgan fingerprint density at radius 3 is 2.37 bits per heavy atom. The first-order valence-electron chi connectivity index (χ1n) is 7.00. The molecule has 1 aromatic heterocycles. The number of aromatic nitrogens is 3. The highest BCUT2D eigenvalue weighted by Crippen LogP contribution is 2.19. The van der Waals surface area contributed by atoms with Gasteiger partial charge in [-0.3, -0.25) is 9.48 Å². The van der Waals surface area contributed by atoms with Crippen molar-refractivity contribution in [3.63, 3.8) is 0 Å². The van der Waals surface area contributed by atoms with Crippen molar-refractivity contribution >= 4 is 5.78 Å². The second-order valence-electron chi connectivity index (χ2n) is 7.49. The standard InChI is InChI=1S/C15H27N3O/c1-14(2,3)10-12-11-18(17-16-12)9-7-8-13(19)15(4,5)6/h11H,7-10H2,1-6H3. The lowest BCUT2D eigenvalue weighted by Gasteiger charge is -2.16. The quantitative estimate of drug-likeness (QED) is 0.821. The maximum absolute atomic E-state index is 11.8. The number of carbonyl (C=O) groups is 1. The largest absolute Gasteiger partial charge is 0.299 e. The van der Waals surface area contributed by atoms with Crippen molar-refractivity contribution in [3.8, 4) is 0 Å². The van der Waals surface area contributed by atoms with E-state index < -0.39 is 0 Å². The molecule has 0 spiro atoms. The van der Waals surface area contributed by atoms with Gasteiger partial charge >= 0.3 is 0 Å². The molecule has 0 fully saturated rings. The van der Waals surface area contributed by atoms with Crippen LogP contribution in [0.25, 0.3) is 0 Å². The van der Waals surface area contributed by atoms with Crippen molar-refractivity contribution in [2.24, 2.45) is 10.8 Å². The second kappa shape index (κ2) is 5.85. The Morgan fingerprint density at radius 2 is 1.84 bits per heavy atom. The van der Waals surface area contributed by atoms with E-state index >= 15 is 0 Å². The molecule has 0 aliphatic heterocycles. The smallest absolute Gasteiger partial charge is 0.138 e. The van der Waals surface area contributed by atoms with Crippen LogP contribution in [0, 0.1) is 10.8 Å². The molecule has 0 saturated heterocycles. The second-order valence-corrected chi connectivity index (χ2v) is 7.49. The third kappa shape index (κ3) is 5.99. The van der Waals surface area contributed by atoms with Gasteiger partial charge in [0.05, 0.1) is 5.69 Å².